The zero-order valence-electron chi connectivity index (χ0n) is 13.8. The number of guanidine groups is 1. The highest BCUT2D eigenvalue weighted by molar-refractivity contribution is 9.10. The molecule has 1 aromatic heterocycles. The van der Waals surface area contributed by atoms with Crippen LogP contribution in [0.5, 0.6) is 0 Å². The van der Waals surface area contributed by atoms with Gasteiger partial charge in [0.1, 0.15) is 29.3 Å². The van der Waals surface area contributed by atoms with Crippen LogP contribution in [0, 0.1) is 22.8 Å². The number of pyridine rings is 1. The summed E-state index contributed by atoms with van der Waals surface area (Å²) in [4.78, 5) is 8.15. The number of fused-ring (bicyclic) bond motifs is 1. The fraction of sp³-hybridized carbons (Fsp3) is 0.125. The van der Waals surface area contributed by atoms with E-state index in [4.69, 9.17) is 16.7 Å². The number of hydrogen-bond donors (Lipinski definition) is 4. The Morgan fingerprint density at radius 2 is 1.96 bits per heavy atom. The average Bonchev–Trinajstić information content (AvgIpc) is 2.60. The highest BCUT2D eigenvalue weighted by atomic mass is 79.9. The number of nitrogens with one attached hydrogen (secondary N) is 2. The molecule has 0 amide bonds. The van der Waals surface area contributed by atoms with Crippen molar-refractivity contribution in [2.75, 3.05) is 16.8 Å². The highest BCUT2D eigenvalue weighted by Gasteiger charge is 2.40. The molecule has 1 aliphatic heterocycles. The van der Waals surface area contributed by atoms with Gasteiger partial charge in [-0.2, -0.15) is 23.7 Å². The molecule has 0 saturated heterocycles. The second-order valence-electron chi connectivity index (χ2n) is 5.60. The zero-order valence-corrected chi connectivity index (χ0v) is 15.4. The normalized spacial score (nSPS) is 15.5. The molecule has 3 rings (SSSR count). The quantitative estimate of drug-likeness (QED) is 0.385. The molecule has 8 nitrogen and oxygen atoms in total. The summed E-state index contributed by atoms with van der Waals surface area (Å²) in [6, 6.07) is 4.40. The first-order valence-corrected chi connectivity index (χ1v) is 8.32. The lowest BCUT2D eigenvalue weighted by molar-refractivity contribution is -0.138. The maximum atomic E-state index is 13.7. The van der Waals surface area contributed by atoms with Gasteiger partial charge in [0.2, 0.25) is 5.96 Å². The lowest BCUT2D eigenvalue weighted by Gasteiger charge is -2.28. The zero-order chi connectivity index (χ0) is 20.6. The van der Waals surface area contributed by atoms with Gasteiger partial charge < -0.3 is 16.8 Å². The third-order valence-electron chi connectivity index (χ3n) is 3.98. The van der Waals surface area contributed by atoms with Crippen molar-refractivity contribution in [1.29, 1.82) is 10.5 Å². The van der Waals surface area contributed by atoms with Gasteiger partial charge in [-0.05, 0) is 11.6 Å². The van der Waals surface area contributed by atoms with Gasteiger partial charge in [-0.3, -0.25) is 5.32 Å². The molecule has 0 bridgehead atoms. The molecular formula is C16H10BrF3N8. The predicted octanol–water partition coefficient (Wildman–Crippen LogP) is 2.84. The summed E-state index contributed by atoms with van der Waals surface area (Å²) in [6.07, 6.45) is -3.07. The Bertz CT molecular complexity index is 1080. The monoisotopic (exact) mass is 450 g/mol. The van der Waals surface area contributed by atoms with Crippen LogP contribution in [0.1, 0.15) is 28.3 Å². The maximum Gasteiger partial charge on any atom is 0.417 e. The third kappa shape index (κ3) is 3.14. The molecule has 0 spiro atoms. The summed E-state index contributed by atoms with van der Waals surface area (Å²) in [5.41, 5.74) is 10.3. The minimum Gasteiger partial charge on any atom is -0.397 e. The summed E-state index contributed by atoms with van der Waals surface area (Å²) in [7, 11) is 0. The minimum absolute atomic E-state index is 0.000139. The van der Waals surface area contributed by atoms with Crippen LogP contribution in [0.2, 0.25) is 0 Å². The van der Waals surface area contributed by atoms with Crippen molar-refractivity contribution in [2.24, 2.45) is 4.99 Å². The molecule has 12 heteroatoms. The molecular weight excluding hydrogens is 441 g/mol. The summed E-state index contributed by atoms with van der Waals surface area (Å²) in [6.45, 7) is 0. The maximum absolute atomic E-state index is 13.7. The van der Waals surface area contributed by atoms with Crippen LogP contribution in [0.4, 0.5) is 30.5 Å². The van der Waals surface area contributed by atoms with Gasteiger partial charge in [0.05, 0.1) is 11.3 Å². The van der Waals surface area contributed by atoms with Crippen LogP contribution in [-0.2, 0) is 6.18 Å². The van der Waals surface area contributed by atoms with Crippen molar-refractivity contribution in [1.82, 2.24) is 10.3 Å². The van der Waals surface area contributed by atoms with Crippen LogP contribution in [0.15, 0.2) is 27.7 Å². The number of alkyl halides is 3. The largest absolute Gasteiger partial charge is 0.417 e. The molecule has 1 unspecified atom stereocenters. The van der Waals surface area contributed by atoms with E-state index < -0.39 is 17.8 Å². The van der Waals surface area contributed by atoms with E-state index in [2.05, 4.69) is 36.5 Å². The fourth-order valence-electron chi connectivity index (χ4n) is 2.87. The summed E-state index contributed by atoms with van der Waals surface area (Å²) in [5, 5.41) is 23.0. The number of rotatable bonds is 1. The standard InChI is InChI=1S/C16H10BrF3N8/c17-8-3-1-2-6(10(8)16(18,19)20)12-9-11(23)7(4-21)13(24)27-14(9)28-15(26-12)25-5-22/h1-3,12H,(H6,23,24,25,26,27,28). The van der Waals surface area contributed by atoms with E-state index in [1.165, 1.54) is 18.2 Å². The molecule has 28 heavy (non-hydrogen) atoms. The minimum atomic E-state index is -4.70. The summed E-state index contributed by atoms with van der Waals surface area (Å²) < 4.78 is 41.0. The highest BCUT2D eigenvalue weighted by Crippen LogP contribution is 2.46. The van der Waals surface area contributed by atoms with Crippen molar-refractivity contribution in [2.45, 2.75) is 12.2 Å². The first-order chi connectivity index (χ1) is 13.2. The van der Waals surface area contributed by atoms with Gasteiger partial charge >= 0.3 is 6.18 Å². The Labute approximate surface area is 164 Å². The Morgan fingerprint density at radius 1 is 1.25 bits per heavy atom. The van der Waals surface area contributed by atoms with Crippen LogP contribution in [-0.4, -0.2) is 10.9 Å². The van der Waals surface area contributed by atoms with Crippen LogP contribution < -0.4 is 22.1 Å². The van der Waals surface area contributed by atoms with E-state index in [1.54, 1.807) is 12.3 Å². The molecule has 1 aromatic carbocycles. The first kappa shape index (κ1) is 19.3. The van der Waals surface area contributed by atoms with Gasteiger partial charge in [-0.1, -0.05) is 28.1 Å². The molecule has 1 aliphatic rings. The Kier molecular flexibility index (Phi) is 4.75. The van der Waals surface area contributed by atoms with Gasteiger partial charge in [-0.25, -0.2) is 9.98 Å². The van der Waals surface area contributed by atoms with Crippen LogP contribution in [0.3, 0.4) is 0 Å². The van der Waals surface area contributed by atoms with E-state index >= 15 is 0 Å². The van der Waals surface area contributed by atoms with Crippen molar-refractivity contribution < 1.29 is 13.2 Å². The smallest absolute Gasteiger partial charge is 0.397 e. The van der Waals surface area contributed by atoms with Gasteiger partial charge in [0, 0.05) is 10.0 Å². The molecule has 0 fully saturated rings. The van der Waals surface area contributed by atoms with Crippen LogP contribution in [0.25, 0.3) is 0 Å². The third-order valence-corrected chi connectivity index (χ3v) is 4.64. The van der Waals surface area contributed by atoms with E-state index in [-0.39, 0.29) is 44.4 Å². The number of anilines is 3. The lowest BCUT2D eigenvalue weighted by Crippen LogP contribution is -2.33. The number of nitrogens with zero attached hydrogens (tertiary/aromatic N) is 4. The number of nitrogens with two attached hydrogens (primary N) is 2. The SMILES string of the molecule is N#CNC1=NC(c2cccc(Br)c2C(F)(F)F)c2c(nc(N)c(C#N)c2N)N1. The van der Waals surface area contributed by atoms with Crippen molar-refractivity contribution >= 4 is 39.2 Å². The predicted molar refractivity (Wildman–Crippen MR) is 98.6 cm³/mol. The Morgan fingerprint density at radius 3 is 2.57 bits per heavy atom. The van der Waals surface area contributed by atoms with Gasteiger partial charge in [0.25, 0.3) is 0 Å². The number of benzene rings is 1. The Hall–Kier alpha value is -3.51. The number of nitriles is 2. The summed E-state index contributed by atoms with van der Waals surface area (Å²) in [5.74, 6) is -0.336. The molecule has 0 saturated carbocycles. The second kappa shape index (κ2) is 6.90. The fourth-order valence-corrected chi connectivity index (χ4v) is 3.48. The van der Waals surface area contributed by atoms with Gasteiger partial charge in [0.15, 0.2) is 6.19 Å². The number of hydrogen-bond acceptors (Lipinski definition) is 8. The van der Waals surface area contributed by atoms with Crippen molar-refractivity contribution in [3.05, 3.63) is 44.9 Å². The second-order valence-corrected chi connectivity index (χ2v) is 6.46. The molecule has 1 atom stereocenters. The van der Waals surface area contributed by atoms with E-state index in [9.17, 15) is 18.4 Å². The average molecular weight is 451 g/mol. The number of aromatic nitrogens is 1. The van der Waals surface area contributed by atoms with Gasteiger partial charge in [-0.15, -0.1) is 0 Å². The van der Waals surface area contributed by atoms with Crippen LogP contribution >= 0.6 is 15.9 Å². The molecule has 0 aliphatic carbocycles. The number of halogens is 4. The van der Waals surface area contributed by atoms with Crippen molar-refractivity contribution in [3.8, 4) is 12.3 Å². The lowest BCUT2D eigenvalue weighted by atomic mass is 9.91. The topological polar surface area (TPSA) is 149 Å². The van der Waals surface area contributed by atoms with E-state index in [0.29, 0.717) is 0 Å². The molecule has 6 N–H and O–H groups in total. The van der Waals surface area contributed by atoms with E-state index in [1.807, 2.05) is 0 Å². The summed E-state index contributed by atoms with van der Waals surface area (Å²) >= 11 is 2.92. The first-order valence-electron chi connectivity index (χ1n) is 7.53. The number of aliphatic imine (C=N–C) groups is 1. The number of nitrogen functional groups attached to an aromatic ring is 2. The molecule has 2 heterocycles. The van der Waals surface area contributed by atoms with Crippen molar-refractivity contribution in [3.63, 3.8) is 0 Å². The Balaban J connectivity index is 2.36. The van der Waals surface area contributed by atoms with E-state index in [0.717, 1.165) is 0 Å². The molecule has 2 aromatic rings. The molecule has 0 radical (unpaired) electrons. The molecule has 142 valence electrons.